The zero-order valence-corrected chi connectivity index (χ0v) is 15.5. The van der Waals surface area contributed by atoms with Crippen LogP contribution in [-0.4, -0.2) is 26.9 Å². The number of ether oxygens (including phenoxy) is 2. The summed E-state index contributed by atoms with van der Waals surface area (Å²) in [5.41, 5.74) is 1.94. The van der Waals surface area contributed by atoms with E-state index in [2.05, 4.69) is 9.97 Å². The SMILES string of the molecule is Cc1ccc2nc(COC(=O)c3ccc(OCC(C)C)nc3)cc(=O)n2c1. The van der Waals surface area contributed by atoms with E-state index in [0.717, 1.165) is 5.56 Å². The highest BCUT2D eigenvalue weighted by Gasteiger charge is 2.10. The van der Waals surface area contributed by atoms with Crippen LogP contribution >= 0.6 is 0 Å². The molecule has 0 amide bonds. The molecule has 3 aromatic heterocycles. The number of hydrogen-bond acceptors (Lipinski definition) is 6. The average molecular weight is 367 g/mol. The second-order valence-electron chi connectivity index (χ2n) is 6.69. The van der Waals surface area contributed by atoms with Crippen molar-refractivity contribution >= 4 is 11.6 Å². The first-order valence-electron chi connectivity index (χ1n) is 8.67. The molecule has 0 saturated carbocycles. The minimum Gasteiger partial charge on any atom is -0.477 e. The summed E-state index contributed by atoms with van der Waals surface area (Å²) < 4.78 is 12.2. The van der Waals surface area contributed by atoms with Crippen LogP contribution in [-0.2, 0) is 11.3 Å². The highest BCUT2D eigenvalue weighted by molar-refractivity contribution is 5.89. The fourth-order valence-corrected chi connectivity index (χ4v) is 2.39. The Hall–Kier alpha value is -3.22. The second-order valence-corrected chi connectivity index (χ2v) is 6.69. The largest absolute Gasteiger partial charge is 0.477 e. The molecule has 0 unspecified atom stereocenters. The predicted octanol–water partition coefficient (Wildman–Crippen LogP) is 2.79. The first-order chi connectivity index (χ1) is 12.9. The van der Waals surface area contributed by atoms with Gasteiger partial charge in [-0.1, -0.05) is 19.9 Å². The summed E-state index contributed by atoms with van der Waals surface area (Å²) in [6.07, 6.45) is 3.12. The number of aromatic nitrogens is 3. The van der Waals surface area contributed by atoms with Gasteiger partial charge in [-0.2, -0.15) is 0 Å². The van der Waals surface area contributed by atoms with E-state index >= 15 is 0 Å². The van der Waals surface area contributed by atoms with Crippen molar-refractivity contribution in [3.63, 3.8) is 0 Å². The Labute approximate surface area is 156 Å². The minimum atomic E-state index is -0.538. The average Bonchev–Trinajstić information content (AvgIpc) is 2.65. The van der Waals surface area contributed by atoms with Crippen molar-refractivity contribution in [1.29, 1.82) is 0 Å². The Morgan fingerprint density at radius 2 is 2.04 bits per heavy atom. The number of pyridine rings is 2. The number of fused-ring (bicyclic) bond motifs is 1. The van der Waals surface area contributed by atoms with Gasteiger partial charge in [0.25, 0.3) is 5.56 Å². The molecule has 3 aromatic rings. The highest BCUT2D eigenvalue weighted by atomic mass is 16.5. The Morgan fingerprint density at radius 1 is 1.22 bits per heavy atom. The maximum absolute atomic E-state index is 12.2. The molecule has 0 aliphatic heterocycles. The summed E-state index contributed by atoms with van der Waals surface area (Å²) >= 11 is 0. The maximum atomic E-state index is 12.2. The molecule has 0 radical (unpaired) electrons. The summed E-state index contributed by atoms with van der Waals surface area (Å²) in [5.74, 6) is 0.308. The molecule has 7 nitrogen and oxygen atoms in total. The number of carbonyl (C=O) groups is 1. The zero-order valence-electron chi connectivity index (χ0n) is 15.5. The van der Waals surface area contributed by atoms with Crippen LogP contribution in [0.15, 0.2) is 47.5 Å². The Bertz CT molecular complexity index is 1010. The number of hydrogen-bond donors (Lipinski definition) is 0. The molecule has 7 heteroatoms. The number of carbonyl (C=O) groups excluding carboxylic acids is 1. The summed E-state index contributed by atoms with van der Waals surface area (Å²) in [7, 11) is 0. The van der Waals surface area contributed by atoms with Gasteiger partial charge in [0.05, 0.1) is 17.9 Å². The molecule has 140 valence electrons. The molecule has 3 heterocycles. The van der Waals surface area contributed by atoms with E-state index in [4.69, 9.17) is 9.47 Å². The van der Waals surface area contributed by atoms with E-state index in [0.29, 0.717) is 35.3 Å². The van der Waals surface area contributed by atoms with E-state index in [1.807, 2.05) is 26.8 Å². The fourth-order valence-electron chi connectivity index (χ4n) is 2.39. The normalized spacial score (nSPS) is 11.0. The number of rotatable bonds is 6. The Kier molecular flexibility index (Phi) is 5.49. The highest BCUT2D eigenvalue weighted by Crippen LogP contribution is 2.11. The molecular formula is C20H21N3O4. The fraction of sp³-hybridized carbons (Fsp3) is 0.300. The molecule has 0 aromatic carbocycles. The molecule has 27 heavy (non-hydrogen) atoms. The predicted molar refractivity (Wildman–Crippen MR) is 99.9 cm³/mol. The third-order valence-corrected chi connectivity index (χ3v) is 3.75. The second kappa shape index (κ2) is 7.99. The molecule has 3 rings (SSSR count). The third kappa shape index (κ3) is 4.69. The van der Waals surface area contributed by atoms with Gasteiger partial charge in [0.15, 0.2) is 0 Å². The lowest BCUT2D eigenvalue weighted by Crippen LogP contribution is -2.17. The van der Waals surface area contributed by atoms with Crippen LogP contribution in [0.4, 0.5) is 0 Å². The van der Waals surface area contributed by atoms with E-state index in [1.165, 1.54) is 16.7 Å². The zero-order chi connectivity index (χ0) is 19.4. The molecule has 0 aliphatic carbocycles. The molecule has 0 aliphatic rings. The van der Waals surface area contributed by atoms with E-state index in [9.17, 15) is 9.59 Å². The van der Waals surface area contributed by atoms with E-state index < -0.39 is 5.97 Å². The first kappa shape index (κ1) is 18.6. The molecule has 0 saturated heterocycles. The number of nitrogens with zero attached hydrogens (tertiary/aromatic N) is 3. The molecular weight excluding hydrogens is 346 g/mol. The van der Waals surface area contributed by atoms with Crippen LogP contribution in [0.25, 0.3) is 5.65 Å². The van der Waals surface area contributed by atoms with Gasteiger partial charge in [0, 0.05) is 24.5 Å². The van der Waals surface area contributed by atoms with Gasteiger partial charge in [0.1, 0.15) is 12.3 Å². The van der Waals surface area contributed by atoms with Gasteiger partial charge in [-0.25, -0.2) is 14.8 Å². The van der Waals surface area contributed by atoms with Crippen LogP contribution < -0.4 is 10.3 Å². The van der Waals surface area contributed by atoms with Gasteiger partial charge >= 0.3 is 5.97 Å². The standard InChI is InChI=1S/C20H21N3O4/c1-13(2)11-26-18-7-5-15(9-21-18)20(25)27-12-16-8-19(24)23-10-14(3)4-6-17(23)22-16/h4-10,13H,11-12H2,1-3H3. The third-order valence-electron chi connectivity index (χ3n) is 3.75. The van der Waals surface area contributed by atoms with Crippen molar-refractivity contribution in [3.8, 4) is 5.88 Å². The van der Waals surface area contributed by atoms with Gasteiger partial charge in [-0.15, -0.1) is 0 Å². The van der Waals surface area contributed by atoms with E-state index in [-0.39, 0.29) is 12.2 Å². The van der Waals surface area contributed by atoms with E-state index in [1.54, 1.807) is 24.4 Å². The van der Waals surface area contributed by atoms with Gasteiger partial charge in [-0.3, -0.25) is 9.20 Å². The van der Waals surface area contributed by atoms with Crippen molar-refractivity contribution in [1.82, 2.24) is 14.4 Å². The smallest absolute Gasteiger partial charge is 0.340 e. The van der Waals surface area contributed by atoms with Gasteiger partial charge in [0.2, 0.25) is 5.88 Å². The summed E-state index contributed by atoms with van der Waals surface area (Å²) in [6.45, 7) is 6.44. The van der Waals surface area contributed by atoms with Crippen LogP contribution in [0.2, 0.25) is 0 Å². The minimum absolute atomic E-state index is 0.0932. The van der Waals surface area contributed by atoms with Crippen LogP contribution in [0.1, 0.15) is 35.5 Å². The van der Waals surface area contributed by atoms with Gasteiger partial charge < -0.3 is 9.47 Å². The number of aryl methyl sites for hydroxylation is 1. The van der Waals surface area contributed by atoms with Crippen LogP contribution in [0.5, 0.6) is 5.88 Å². The molecule has 0 atom stereocenters. The quantitative estimate of drug-likeness (QED) is 0.623. The Morgan fingerprint density at radius 3 is 2.74 bits per heavy atom. The van der Waals surface area contributed by atoms with Crippen molar-refractivity contribution in [2.45, 2.75) is 27.4 Å². The van der Waals surface area contributed by atoms with Crippen molar-refractivity contribution in [2.75, 3.05) is 6.61 Å². The van der Waals surface area contributed by atoms with Gasteiger partial charge in [-0.05, 0) is 30.5 Å². The Balaban J connectivity index is 1.66. The van der Waals surface area contributed by atoms with Crippen molar-refractivity contribution in [2.24, 2.45) is 5.92 Å². The van der Waals surface area contributed by atoms with Crippen molar-refractivity contribution < 1.29 is 14.3 Å². The summed E-state index contributed by atoms with van der Waals surface area (Å²) in [5, 5.41) is 0. The first-order valence-corrected chi connectivity index (χ1v) is 8.67. The molecule has 0 spiro atoms. The summed E-state index contributed by atoms with van der Waals surface area (Å²) in [6, 6.07) is 8.20. The molecule has 0 bridgehead atoms. The topological polar surface area (TPSA) is 82.8 Å². The molecule has 0 N–H and O–H groups in total. The monoisotopic (exact) mass is 367 g/mol. The summed E-state index contributed by atoms with van der Waals surface area (Å²) in [4.78, 5) is 32.8. The lowest BCUT2D eigenvalue weighted by Gasteiger charge is -2.08. The molecule has 0 fully saturated rings. The lowest BCUT2D eigenvalue weighted by atomic mass is 10.2. The van der Waals surface area contributed by atoms with Crippen molar-refractivity contribution in [3.05, 3.63) is 69.9 Å². The van der Waals surface area contributed by atoms with Crippen LogP contribution in [0, 0.1) is 12.8 Å². The van der Waals surface area contributed by atoms with Crippen LogP contribution in [0.3, 0.4) is 0 Å². The maximum Gasteiger partial charge on any atom is 0.340 e. The number of esters is 1. The lowest BCUT2D eigenvalue weighted by molar-refractivity contribution is 0.0467.